The second kappa shape index (κ2) is 9.09. The van der Waals surface area contributed by atoms with Crippen LogP contribution >= 0.6 is 0 Å². The molecule has 0 unspecified atom stereocenters. The Morgan fingerprint density at radius 2 is 1.85 bits per heavy atom. The van der Waals surface area contributed by atoms with Gasteiger partial charge in [-0.05, 0) is 80.1 Å². The van der Waals surface area contributed by atoms with Crippen LogP contribution in [0.25, 0.3) is 0 Å². The molecule has 1 N–H and O–H groups in total. The number of nitro groups is 1. The summed E-state index contributed by atoms with van der Waals surface area (Å²) in [5.41, 5.74) is 3.06. The molecule has 1 heterocycles. The minimum Gasteiger partial charge on any atom is -0.438 e. The van der Waals surface area contributed by atoms with Crippen molar-refractivity contribution in [3.8, 4) is 17.7 Å². The molecule has 0 atom stereocenters. The smallest absolute Gasteiger partial charge is 0.311 e. The largest absolute Gasteiger partial charge is 0.438 e. The number of benzene rings is 2. The van der Waals surface area contributed by atoms with E-state index in [4.69, 9.17) is 10.00 Å². The zero-order valence-corrected chi connectivity index (χ0v) is 18.3. The van der Waals surface area contributed by atoms with Gasteiger partial charge in [0.1, 0.15) is 5.75 Å². The van der Waals surface area contributed by atoms with Crippen molar-refractivity contribution in [1.82, 2.24) is 4.98 Å². The molecule has 3 aromatic rings. The first-order valence-electron chi connectivity index (χ1n) is 10.6. The molecule has 166 valence electrons. The molecule has 8 nitrogen and oxygen atoms in total. The van der Waals surface area contributed by atoms with Gasteiger partial charge >= 0.3 is 5.69 Å². The lowest BCUT2D eigenvalue weighted by Gasteiger charge is -2.14. The van der Waals surface area contributed by atoms with Gasteiger partial charge in [-0.15, -0.1) is 0 Å². The molecule has 0 amide bonds. The van der Waals surface area contributed by atoms with E-state index in [1.165, 1.54) is 12.1 Å². The molecule has 0 spiro atoms. The quantitative estimate of drug-likeness (QED) is 0.258. The first kappa shape index (κ1) is 22.0. The summed E-state index contributed by atoms with van der Waals surface area (Å²) < 4.78 is 5.99. The van der Waals surface area contributed by atoms with E-state index in [-0.39, 0.29) is 23.2 Å². The summed E-state index contributed by atoms with van der Waals surface area (Å²) >= 11 is 0. The van der Waals surface area contributed by atoms with E-state index in [0.29, 0.717) is 34.9 Å². The molecule has 1 fully saturated rings. The molecular weight excluding hydrogens is 420 g/mol. The van der Waals surface area contributed by atoms with Crippen molar-refractivity contribution >= 4 is 23.0 Å². The van der Waals surface area contributed by atoms with Crippen LogP contribution in [-0.2, 0) is 0 Å². The van der Waals surface area contributed by atoms with Crippen LogP contribution in [0.1, 0.15) is 46.3 Å². The lowest BCUT2D eigenvalue weighted by atomic mass is 10.00. The highest BCUT2D eigenvalue weighted by atomic mass is 16.6. The van der Waals surface area contributed by atoms with Crippen molar-refractivity contribution in [1.29, 1.82) is 5.26 Å². The Morgan fingerprint density at radius 1 is 1.18 bits per heavy atom. The van der Waals surface area contributed by atoms with E-state index in [2.05, 4.69) is 10.3 Å². The van der Waals surface area contributed by atoms with Crippen molar-refractivity contribution < 1.29 is 14.5 Å². The minimum atomic E-state index is -0.528. The Labute approximate surface area is 191 Å². The number of Topliss-reactive ketones (excluding diaryl/α,β-unsaturated/α-hetero) is 1. The predicted molar refractivity (Wildman–Crippen MR) is 123 cm³/mol. The molecule has 1 aliphatic rings. The van der Waals surface area contributed by atoms with Crippen molar-refractivity contribution in [2.24, 2.45) is 5.92 Å². The fourth-order valence-electron chi connectivity index (χ4n) is 3.57. The van der Waals surface area contributed by atoms with Gasteiger partial charge in [-0.25, -0.2) is 0 Å². The van der Waals surface area contributed by atoms with Crippen LogP contribution in [0.5, 0.6) is 11.6 Å². The van der Waals surface area contributed by atoms with Gasteiger partial charge in [0.15, 0.2) is 5.78 Å². The number of carbonyl (C=O) groups excluding carboxylic acids is 1. The van der Waals surface area contributed by atoms with Crippen LogP contribution in [0.15, 0.2) is 48.5 Å². The van der Waals surface area contributed by atoms with E-state index in [9.17, 15) is 14.9 Å². The lowest BCUT2D eigenvalue weighted by molar-refractivity contribution is -0.384. The molecule has 0 saturated heterocycles. The van der Waals surface area contributed by atoms with Crippen LogP contribution in [-0.4, -0.2) is 15.7 Å². The van der Waals surface area contributed by atoms with Gasteiger partial charge in [0.2, 0.25) is 11.7 Å². The number of ether oxygens (including phenoxy) is 1. The third-order valence-corrected chi connectivity index (χ3v) is 5.48. The molecule has 0 bridgehead atoms. The number of nitriles is 1. The van der Waals surface area contributed by atoms with Gasteiger partial charge in [-0.2, -0.15) is 10.2 Å². The molecule has 1 aliphatic carbocycles. The molecule has 4 rings (SSSR count). The van der Waals surface area contributed by atoms with Crippen molar-refractivity contribution in [3.63, 3.8) is 0 Å². The number of carbonyl (C=O) groups is 1. The topological polar surface area (TPSA) is 118 Å². The van der Waals surface area contributed by atoms with Gasteiger partial charge < -0.3 is 10.1 Å². The summed E-state index contributed by atoms with van der Waals surface area (Å²) in [7, 11) is 0. The summed E-state index contributed by atoms with van der Waals surface area (Å²) in [6, 6.07) is 14.9. The van der Waals surface area contributed by atoms with Gasteiger partial charge in [-0.3, -0.25) is 14.9 Å². The number of hydrogen-bond donors (Lipinski definition) is 1. The van der Waals surface area contributed by atoms with Gasteiger partial charge in [0.05, 0.1) is 16.6 Å². The Morgan fingerprint density at radius 3 is 2.42 bits per heavy atom. The third kappa shape index (κ3) is 5.15. The van der Waals surface area contributed by atoms with Crippen LogP contribution < -0.4 is 10.1 Å². The number of ketones is 1. The third-order valence-electron chi connectivity index (χ3n) is 5.48. The molecule has 0 aliphatic heterocycles. The van der Waals surface area contributed by atoms with Gasteiger partial charge in [0, 0.05) is 29.8 Å². The molecule has 2 aromatic carbocycles. The number of aryl methyl sites for hydroxylation is 2. The van der Waals surface area contributed by atoms with Crippen molar-refractivity contribution in [2.45, 2.75) is 33.1 Å². The molecule has 33 heavy (non-hydrogen) atoms. The van der Waals surface area contributed by atoms with Crippen LogP contribution in [0.4, 0.5) is 17.2 Å². The molecule has 8 heteroatoms. The van der Waals surface area contributed by atoms with Crippen molar-refractivity contribution in [3.05, 3.63) is 80.9 Å². The highest BCUT2D eigenvalue weighted by Crippen LogP contribution is 2.36. The lowest BCUT2D eigenvalue weighted by Crippen LogP contribution is -2.04. The van der Waals surface area contributed by atoms with E-state index < -0.39 is 4.92 Å². The van der Waals surface area contributed by atoms with Crippen LogP contribution in [0.3, 0.4) is 0 Å². The zero-order chi connectivity index (χ0) is 23.5. The fraction of sp³-hybridized carbons (Fsp3) is 0.240. The number of hydrogen-bond acceptors (Lipinski definition) is 7. The second-order valence-electron chi connectivity index (χ2n) is 8.20. The van der Waals surface area contributed by atoms with Crippen LogP contribution in [0.2, 0.25) is 0 Å². The molecular formula is C25H22N4O4. The van der Waals surface area contributed by atoms with E-state index in [1.807, 2.05) is 32.0 Å². The average Bonchev–Trinajstić information content (AvgIpc) is 3.60. The maximum Gasteiger partial charge on any atom is 0.311 e. The molecule has 1 aromatic heterocycles. The summed E-state index contributed by atoms with van der Waals surface area (Å²) in [5.74, 6) is 1.41. The first-order chi connectivity index (χ1) is 15.8. The standard InChI is InChI=1S/C25H22N4O4/c1-15-11-19(22(30)13-17-3-4-17)12-16(2)24(15)33-23-10-9-21(29(31)32)25(28-23)27-20-7-5-18(14-26)6-8-20/h5-12,17H,3-4,13H2,1-2H3,(H,27,28). The van der Waals surface area contributed by atoms with Crippen molar-refractivity contribution in [2.75, 3.05) is 5.32 Å². The Kier molecular flexibility index (Phi) is 6.05. The maximum absolute atomic E-state index is 12.5. The summed E-state index contributed by atoms with van der Waals surface area (Å²) in [6.45, 7) is 3.72. The number of aromatic nitrogens is 1. The Balaban J connectivity index is 1.60. The monoisotopic (exact) mass is 442 g/mol. The number of pyridine rings is 1. The summed E-state index contributed by atoms with van der Waals surface area (Å²) in [5, 5.41) is 23.3. The van der Waals surface area contributed by atoms with Gasteiger partial charge in [-0.1, -0.05) is 0 Å². The predicted octanol–water partition coefficient (Wildman–Crippen LogP) is 6.00. The first-order valence-corrected chi connectivity index (χ1v) is 10.6. The highest BCUT2D eigenvalue weighted by molar-refractivity contribution is 5.97. The summed E-state index contributed by atoms with van der Waals surface area (Å²) in [4.78, 5) is 27.7. The number of nitrogens with zero attached hydrogens (tertiary/aromatic N) is 3. The molecule has 1 saturated carbocycles. The second-order valence-corrected chi connectivity index (χ2v) is 8.20. The van der Waals surface area contributed by atoms with Crippen LogP contribution in [0, 0.1) is 41.2 Å². The average molecular weight is 442 g/mol. The molecule has 0 radical (unpaired) electrons. The zero-order valence-electron chi connectivity index (χ0n) is 18.3. The van der Waals surface area contributed by atoms with E-state index in [1.54, 1.807) is 24.3 Å². The van der Waals surface area contributed by atoms with Gasteiger partial charge in [0.25, 0.3) is 0 Å². The number of nitrogens with one attached hydrogen (secondary N) is 1. The van der Waals surface area contributed by atoms with E-state index >= 15 is 0 Å². The minimum absolute atomic E-state index is 0.0220. The fourth-order valence-corrected chi connectivity index (χ4v) is 3.57. The number of rotatable bonds is 8. The highest BCUT2D eigenvalue weighted by Gasteiger charge is 2.25. The van der Waals surface area contributed by atoms with E-state index in [0.717, 1.165) is 24.0 Å². The Hall–Kier alpha value is -4.25. The maximum atomic E-state index is 12.5. The summed E-state index contributed by atoms with van der Waals surface area (Å²) in [6.07, 6.45) is 2.82. The SMILES string of the molecule is Cc1cc(C(=O)CC2CC2)cc(C)c1Oc1ccc([N+](=O)[O-])c(Nc2ccc(C#N)cc2)n1. The number of anilines is 2. The normalized spacial score (nSPS) is 12.6. The Bertz CT molecular complexity index is 1250.